The molecular weight excluding hydrogens is 873 g/mol. The van der Waals surface area contributed by atoms with Crippen molar-refractivity contribution >= 4 is 44.7 Å². The minimum absolute atomic E-state index is 0.0883. The highest BCUT2D eigenvalue weighted by atomic mass is 32.1. The Labute approximate surface area is 404 Å². The number of nitrogens with one attached hydrogen (secondary N) is 2. The van der Waals surface area contributed by atoms with Gasteiger partial charge in [0.1, 0.15) is 17.1 Å². The molecule has 0 saturated carbocycles. The molecule has 0 bridgehead atoms. The van der Waals surface area contributed by atoms with Gasteiger partial charge in [0, 0.05) is 5.56 Å². The highest BCUT2D eigenvalue weighted by molar-refractivity contribution is 7.55. The van der Waals surface area contributed by atoms with E-state index in [1.165, 1.54) is 11.4 Å². The largest absolute Gasteiger partial charge is 0.700 e. The molecule has 0 saturated heterocycles. The van der Waals surface area contributed by atoms with E-state index in [1.807, 2.05) is 107 Å². The number of hydrogen-bond acceptors (Lipinski definition) is 4. The number of nitrogens with zero attached hydrogens (tertiary/aromatic N) is 2. The predicted octanol–water partition coefficient (Wildman–Crippen LogP) is 11.1. The van der Waals surface area contributed by atoms with Crippen LogP contribution in [-0.2, 0) is 11.4 Å². The van der Waals surface area contributed by atoms with Gasteiger partial charge in [-0.05, 0) is 129 Å². The Morgan fingerprint density at radius 2 is 0.855 bits per heavy atom. The second-order valence-corrected chi connectivity index (χ2v) is 18.0. The summed E-state index contributed by atoms with van der Waals surface area (Å²) in [5.41, 5.74) is 12.7. The molecule has 0 aliphatic carbocycles. The van der Waals surface area contributed by atoms with Crippen LogP contribution >= 0.6 is 0 Å². The quantitative estimate of drug-likeness (QED) is 0.119. The molecule has 2 amide bonds. The van der Waals surface area contributed by atoms with E-state index in [2.05, 4.69) is 102 Å². The van der Waals surface area contributed by atoms with Gasteiger partial charge in [0.05, 0.1) is 45.5 Å². The maximum Gasteiger partial charge on any atom is 0.700 e. The number of carbonyl (C=O) groups is 2. The summed E-state index contributed by atoms with van der Waals surface area (Å²) >= 11 is 1.20. The summed E-state index contributed by atoms with van der Waals surface area (Å²) in [7, 11) is 3.15. The van der Waals surface area contributed by atoms with Crippen molar-refractivity contribution in [1.82, 2.24) is 18.7 Å². The van der Waals surface area contributed by atoms with Crippen LogP contribution in [0.4, 0.5) is 0 Å². The third kappa shape index (κ3) is 8.30. The highest BCUT2D eigenvalue weighted by Crippen LogP contribution is 2.42. The Morgan fingerprint density at radius 3 is 1.28 bits per heavy atom. The molecule has 1 heterocycles. The number of methoxy groups -OCH3 is 2. The summed E-state index contributed by atoms with van der Waals surface area (Å²) in [4.78, 5) is 27.7. The van der Waals surface area contributed by atoms with Crippen LogP contribution in [0.25, 0.3) is 66.1 Å². The fourth-order valence-corrected chi connectivity index (χ4v) is 10.4. The second kappa shape index (κ2) is 18.8. The summed E-state index contributed by atoms with van der Waals surface area (Å²) in [6.45, 7) is 8.00. The number of fused-ring (bicyclic) bond motifs is 3. The molecule has 1 aliphatic rings. The predicted molar refractivity (Wildman–Crippen MR) is 280 cm³/mol. The fourth-order valence-electron chi connectivity index (χ4n) is 9.87. The lowest BCUT2D eigenvalue weighted by Gasteiger charge is -2.19. The van der Waals surface area contributed by atoms with E-state index < -0.39 is 0 Å². The minimum atomic E-state index is -0.293. The molecular formula is C60H50N4O4S+2. The van der Waals surface area contributed by atoms with Gasteiger partial charge in [-0.1, -0.05) is 146 Å². The van der Waals surface area contributed by atoms with Gasteiger partial charge in [0.25, 0.3) is 11.8 Å². The van der Waals surface area contributed by atoms with Gasteiger partial charge in [0.15, 0.2) is 0 Å². The highest BCUT2D eigenvalue weighted by Gasteiger charge is 2.30. The van der Waals surface area contributed by atoms with Crippen molar-refractivity contribution in [3.63, 3.8) is 0 Å². The molecule has 10 rings (SSSR count). The first kappa shape index (κ1) is 44.5. The summed E-state index contributed by atoms with van der Waals surface area (Å²) in [5, 5.41) is 12.2. The molecule has 9 aromatic rings. The first-order valence-electron chi connectivity index (χ1n) is 23.0. The molecule has 338 valence electrons. The van der Waals surface area contributed by atoms with Crippen LogP contribution in [0.3, 0.4) is 0 Å². The average Bonchev–Trinajstić information content (AvgIpc) is 3.88. The SMILES string of the molecule is COc1cc(-c2cccc3cccc(-c4ccc(-c5cccc6cccc(-c7cc(C)c(C(=O)NC(C)c8ccccc8)c(C)c7)c56)c5c4=[N+]=S=[N+]=5)c23)cc(OC)c1C(=O)N[C@H](C)c1ccccc1. The van der Waals surface area contributed by atoms with Crippen LogP contribution < -0.4 is 38.9 Å². The molecule has 0 aromatic heterocycles. The van der Waals surface area contributed by atoms with Crippen LogP contribution in [0.5, 0.6) is 11.5 Å². The van der Waals surface area contributed by atoms with Crippen molar-refractivity contribution < 1.29 is 19.1 Å². The molecule has 0 radical (unpaired) electrons. The number of ether oxygens (including phenoxy) is 2. The maximum atomic E-state index is 13.9. The van der Waals surface area contributed by atoms with Crippen LogP contribution in [0.1, 0.15) is 68.9 Å². The van der Waals surface area contributed by atoms with Crippen LogP contribution in [-0.4, -0.2) is 26.0 Å². The van der Waals surface area contributed by atoms with E-state index in [9.17, 15) is 9.59 Å². The minimum Gasteiger partial charge on any atom is -0.496 e. The number of carbonyl (C=O) groups excluding carboxylic acids is 2. The molecule has 9 aromatic carbocycles. The van der Waals surface area contributed by atoms with Gasteiger partial charge < -0.3 is 20.1 Å². The van der Waals surface area contributed by atoms with Crippen LogP contribution in [0.15, 0.2) is 170 Å². The van der Waals surface area contributed by atoms with Gasteiger partial charge in [0.2, 0.25) is 0 Å². The lowest BCUT2D eigenvalue weighted by atomic mass is 9.87. The summed E-state index contributed by atoms with van der Waals surface area (Å²) < 4.78 is 21.8. The number of hydrogen-bond donors (Lipinski definition) is 2. The van der Waals surface area contributed by atoms with Gasteiger partial charge in [-0.2, -0.15) is 0 Å². The Kier molecular flexibility index (Phi) is 12.1. The Bertz CT molecular complexity index is 3700. The van der Waals surface area contributed by atoms with Gasteiger partial charge in [-0.25, -0.2) is 0 Å². The number of aryl methyl sites for hydroxylation is 2. The van der Waals surface area contributed by atoms with E-state index >= 15 is 0 Å². The van der Waals surface area contributed by atoms with Crippen molar-refractivity contribution in [2.45, 2.75) is 39.8 Å². The molecule has 9 heteroatoms. The summed E-state index contributed by atoms with van der Waals surface area (Å²) in [6.07, 6.45) is 0. The molecule has 1 aliphatic heterocycles. The van der Waals surface area contributed by atoms with E-state index in [1.54, 1.807) is 14.2 Å². The molecule has 0 fully saturated rings. The molecule has 69 heavy (non-hydrogen) atoms. The van der Waals surface area contributed by atoms with Crippen molar-refractivity contribution in [3.8, 4) is 56.0 Å². The van der Waals surface area contributed by atoms with Crippen molar-refractivity contribution in [2.75, 3.05) is 14.2 Å². The molecule has 1 unspecified atom stereocenters. The van der Waals surface area contributed by atoms with Gasteiger partial charge in [-0.3, -0.25) is 9.59 Å². The standard InChI is InChI=1S/C60H48N4O4S/c1-35-31-43(32-36(2)53(35)59(65)61-37(3)39-17-9-7-10-18-39)45-25-13-21-41-23-15-27-47(54(41)45)49-29-30-50(58-57(49)63-69-64-58)48-28-16-24-42-22-14-26-46(55(42)48)44-33-51(67-5)56(52(34-44)68-6)60(66)62-38(4)40-19-11-8-12-20-40/h7-34,37-38H,1-6H3/p+2/t37?,38-/m1/s1. The zero-order valence-electron chi connectivity index (χ0n) is 39.3. The first-order chi connectivity index (χ1) is 33.6. The monoisotopic (exact) mass is 922 g/mol. The molecule has 8 nitrogen and oxygen atoms in total. The zero-order chi connectivity index (χ0) is 47.8. The van der Waals surface area contributed by atoms with E-state index in [0.29, 0.717) is 22.6 Å². The molecule has 0 spiro atoms. The van der Waals surface area contributed by atoms with E-state index in [-0.39, 0.29) is 23.9 Å². The maximum absolute atomic E-state index is 13.9. The summed E-state index contributed by atoms with van der Waals surface area (Å²) in [6, 6.07) is 57.3. The van der Waals surface area contributed by atoms with Crippen LogP contribution in [0.2, 0.25) is 0 Å². The zero-order valence-corrected chi connectivity index (χ0v) is 40.1. The third-order valence-corrected chi connectivity index (χ3v) is 13.7. The van der Waals surface area contributed by atoms with E-state index in [4.69, 9.17) is 17.6 Å². The summed E-state index contributed by atoms with van der Waals surface area (Å²) in [5.74, 6) is 0.428. The van der Waals surface area contributed by atoms with E-state index in [0.717, 1.165) is 99.0 Å². The Morgan fingerprint density at radius 1 is 0.464 bits per heavy atom. The number of benzene rings is 9. The average molecular weight is 923 g/mol. The van der Waals surface area contributed by atoms with Crippen LogP contribution in [0, 0.1) is 13.8 Å². The lowest BCUT2D eigenvalue weighted by molar-refractivity contribution is 0.0927. The Balaban J connectivity index is 1.05. The Hall–Kier alpha value is -8.32. The second-order valence-electron chi connectivity index (χ2n) is 17.5. The fraction of sp³-hybridized carbons (Fsp3) is 0.133. The first-order valence-corrected chi connectivity index (χ1v) is 23.8. The number of amides is 2. The lowest BCUT2D eigenvalue weighted by Crippen LogP contribution is -2.31. The molecule has 2 atom stereocenters. The van der Waals surface area contributed by atoms with Crippen molar-refractivity contribution in [1.29, 1.82) is 0 Å². The molecule has 2 N–H and O–H groups in total. The topological polar surface area (TPSA) is 105 Å². The number of rotatable bonds is 12. The normalized spacial score (nSPS) is 12.3. The van der Waals surface area contributed by atoms with Crippen molar-refractivity contribution in [3.05, 3.63) is 214 Å². The third-order valence-electron chi connectivity index (χ3n) is 13.2. The smallest absolute Gasteiger partial charge is 0.496 e. The van der Waals surface area contributed by atoms with Crippen molar-refractivity contribution in [2.24, 2.45) is 0 Å². The van der Waals surface area contributed by atoms with Gasteiger partial charge >= 0.3 is 22.1 Å². The van der Waals surface area contributed by atoms with Gasteiger partial charge in [-0.15, -0.1) is 0 Å².